The van der Waals surface area contributed by atoms with Crippen molar-refractivity contribution in [3.05, 3.63) is 23.8 Å². The number of rotatable bonds is 5. The molecule has 1 heterocycles. The number of aliphatic imine (C=N–C) groups is 1. The van der Waals surface area contributed by atoms with E-state index in [2.05, 4.69) is 43.5 Å². The monoisotopic (exact) mass is 431 g/mol. The van der Waals surface area contributed by atoms with E-state index in [1.54, 1.807) is 0 Å². The maximum Gasteiger partial charge on any atom is 0.231 e. The van der Waals surface area contributed by atoms with E-state index in [1.807, 2.05) is 6.07 Å². The molecular formula is C17H26IN3O2. The number of nitrogens with zero attached hydrogens (tertiary/aromatic N) is 1. The van der Waals surface area contributed by atoms with Crippen LogP contribution >= 0.6 is 24.0 Å². The Hall–Kier alpha value is -1.18. The van der Waals surface area contributed by atoms with Crippen LogP contribution in [0.1, 0.15) is 39.2 Å². The Labute approximate surface area is 155 Å². The molecule has 1 aliphatic heterocycles. The quantitative estimate of drug-likeness (QED) is 0.428. The van der Waals surface area contributed by atoms with Crippen LogP contribution in [0.5, 0.6) is 11.5 Å². The summed E-state index contributed by atoms with van der Waals surface area (Å²) >= 11 is 0. The molecule has 0 bridgehead atoms. The Morgan fingerprint density at radius 1 is 1.26 bits per heavy atom. The minimum atomic E-state index is -0.0626. The first-order valence-corrected chi connectivity index (χ1v) is 8.03. The molecule has 2 N–H and O–H groups in total. The standard InChI is InChI=1S/C17H25N3O2.HI/c1-4-18-16(20-13-6-7-13)19-10-17(2,3)12-5-8-14-15(9-12)22-11-21-14;/h5,8-9,13H,4,6-7,10-11H2,1-3H3,(H2,18,19,20);1H. The van der Waals surface area contributed by atoms with Gasteiger partial charge in [-0.05, 0) is 37.5 Å². The maximum atomic E-state index is 5.48. The molecule has 0 saturated heterocycles. The highest BCUT2D eigenvalue weighted by Gasteiger charge is 2.25. The van der Waals surface area contributed by atoms with Gasteiger partial charge in [0.2, 0.25) is 6.79 Å². The van der Waals surface area contributed by atoms with E-state index in [9.17, 15) is 0 Å². The highest BCUT2D eigenvalue weighted by Crippen LogP contribution is 2.36. The average molecular weight is 431 g/mol. The molecule has 0 aromatic heterocycles. The lowest BCUT2D eigenvalue weighted by molar-refractivity contribution is 0.174. The second-order valence-corrected chi connectivity index (χ2v) is 6.57. The van der Waals surface area contributed by atoms with E-state index in [-0.39, 0.29) is 29.4 Å². The summed E-state index contributed by atoms with van der Waals surface area (Å²) in [4.78, 5) is 4.76. The Kier molecular flexibility index (Phi) is 6.00. The molecule has 1 aromatic rings. The molecule has 6 heteroatoms. The molecule has 1 saturated carbocycles. The first-order valence-electron chi connectivity index (χ1n) is 8.03. The summed E-state index contributed by atoms with van der Waals surface area (Å²) in [5, 5.41) is 6.77. The Balaban J connectivity index is 0.00000192. The largest absolute Gasteiger partial charge is 0.454 e. The normalized spacial score (nSPS) is 16.7. The molecule has 0 radical (unpaired) electrons. The van der Waals surface area contributed by atoms with E-state index in [1.165, 1.54) is 18.4 Å². The van der Waals surface area contributed by atoms with Crippen LogP contribution in [0.3, 0.4) is 0 Å². The second-order valence-electron chi connectivity index (χ2n) is 6.57. The highest BCUT2D eigenvalue weighted by molar-refractivity contribution is 14.0. The number of ether oxygens (including phenoxy) is 2. The molecule has 0 atom stereocenters. The number of hydrogen-bond acceptors (Lipinski definition) is 3. The van der Waals surface area contributed by atoms with Crippen molar-refractivity contribution in [3.8, 4) is 11.5 Å². The van der Waals surface area contributed by atoms with Gasteiger partial charge in [-0.3, -0.25) is 4.99 Å². The average Bonchev–Trinajstić information content (AvgIpc) is 3.18. The third-order valence-corrected chi connectivity index (χ3v) is 4.05. The fourth-order valence-electron chi connectivity index (χ4n) is 2.43. The molecule has 128 valence electrons. The van der Waals surface area contributed by atoms with Crippen LogP contribution in [-0.2, 0) is 5.41 Å². The second kappa shape index (κ2) is 7.59. The highest BCUT2D eigenvalue weighted by atomic mass is 127. The summed E-state index contributed by atoms with van der Waals surface area (Å²) in [6, 6.07) is 6.76. The van der Waals surface area contributed by atoms with Crippen molar-refractivity contribution >= 4 is 29.9 Å². The van der Waals surface area contributed by atoms with Crippen molar-refractivity contribution in [2.24, 2.45) is 4.99 Å². The van der Waals surface area contributed by atoms with Crippen LogP contribution in [0.4, 0.5) is 0 Å². The number of benzene rings is 1. The zero-order chi connectivity index (χ0) is 15.6. The minimum absolute atomic E-state index is 0. The molecule has 0 unspecified atom stereocenters. The van der Waals surface area contributed by atoms with Gasteiger partial charge in [-0.25, -0.2) is 0 Å². The fourth-order valence-corrected chi connectivity index (χ4v) is 2.43. The van der Waals surface area contributed by atoms with Gasteiger partial charge in [-0.15, -0.1) is 24.0 Å². The van der Waals surface area contributed by atoms with Crippen molar-refractivity contribution in [3.63, 3.8) is 0 Å². The number of fused-ring (bicyclic) bond motifs is 1. The summed E-state index contributed by atoms with van der Waals surface area (Å²) < 4.78 is 10.9. The molecule has 0 spiro atoms. The van der Waals surface area contributed by atoms with Gasteiger partial charge in [0.25, 0.3) is 0 Å². The van der Waals surface area contributed by atoms with Crippen LogP contribution in [-0.4, -0.2) is 31.9 Å². The third kappa shape index (κ3) is 4.65. The van der Waals surface area contributed by atoms with Gasteiger partial charge in [0, 0.05) is 18.0 Å². The molecule has 2 aliphatic rings. The van der Waals surface area contributed by atoms with E-state index in [0.717, 1.165) is 24.0 Å². The zero-order valence-electron chi connectivity index (χ0n) is 14.0. The summed E-state index contributed by atoms with van der Waals surface area (Å²) in [5.74, 6) is 2.57. The molecule has 5 nitrogen and oxygen atoms in total. The lowest BCUT2D eigenvalue weighted by Crippen LogP contribution is -2.39. The topological polar surface area (TPSA) is 54.9 Å². The molecule has 23 heavy (non-hydrogen) atoms. The first-order chi connectivity index (χ1) is 10.6. The third-order valence-electron chi connectivity index (χ3n) is 4.05. The van der Waals surface area contributed by atoms with Gasteiger partial charge in [0.05, 0.1) is 6.54 Å². The number of hydrogen-bond donors (Lipinski definition) is 2. The summed E-state index contributed by atoms with van der Waals surface area (Å²) in [5.41, 5.74) is 1.15. The van der Waals surface area contributed by atoms with E-state index >= 15 is 0 Å². The van der Waals surface area contributed by atoms with Crippen LogP contribution in [0, 0.1) is 0 Å². The molecule has 0 amide bonds. The Morgan fingerprint density at radius 2 is 2.00 bits per heavy atom. The van der Waals surface area contributed by atoms with Gasteiger partial charge in [-0.2, -0.15) is 0 Å². The van der Waals surface area contributed by atoms with Crippen molar-refractivity contribution in [2.45, 2.75) is 45.1 Å². The molecule has 1 aromatic carbocycles. The number of guanidine groups is 1. The fraction of sp³-hybridized carbons (Fsp3) is 0.588. The molecular weight excluding hydrogens is 405 g/mol. The van der Waals surface area contributed by atoms with E-state index in [0.29, 0.717) is 19.4 Å². The zero-order valence-corrected chi connectivity index (χ0v) is 16.3. The summed E-state index contributed by atoms with van der Waals surface area (Å²) in [6.45, 7) is 8.40. The van der Waals surface area contributed by atoms with Gasteiger partial charge in [0.1, 0.15) is 0 Å². The van der Waals surface area contributed by atoms with E-state index in [4.69, 9.17) is 14.5 Å². The van der Waals surface area contributed by atoms with Crippen LogP contribution < -0.4 is 20.1 Å². The first kappa shape index (κ1) is 18.2. The van der Waals surface area contributed by atoms with Crippen LogP contribution in [0.15, 0.2) is 23.2 Å². The lowest BCUT2D eigenvalue weighted by Gasteiger charge is -2.24. The SMILES string of the molecule is CCNC(=NCC(C)(C)c1ccc2c(c1)OCO2)NC1CC1.I. The van der Waals surface area contributed by atoms with E-state index < -0.39 is 0 Å². The Bertz CT molecular complexity index is 571. The van der Waals surface area contributed by atoms with Crippen molar-refractivity contribution < 1.29 is 9.47 Å². The minimum Gasteiger partial charge on any atom is -0.454 e. The van der Waals surface area contributed by atoms with Crippen LogP contribution in [0.25, 0.3) is 0 Å². The maximum absolute atomic E-state index is 5.48. The molecule has 1 aliphatic carbocycles. The lowest BCUT2D eigenvalue weighted by atomic mass is 9.84. The van der Waals surface area contributed by atoms with Gasteiger partial charge in [0.15, 0.2) is 17.5 Å². The van der Waals surface area contributed by atoms with Crippen molar-refractivity contribution in [1.82, 2.24) is 10.6 Å². The van der Waals surface area contributed by atoms with Gasteiger partial charge >= 0.3 is 0 Å². The van der Waals surface area contributed by atoms with Crippen molar-refractivity contribution in [2.75, 3.05) is 19.9 Å². The Morgan fingerprint density at radius 3 is 2.70 bits per heavy atom. The van der Waals surface area contributed by atoms with Gasteiger partial charge in [-0.1, -0.05) is 19.9 Å². The van der Waals surface area contributed by atoms with Crippen LogP contribution in [0.2, 0.25) is 0 Å². The van der Waals surface area contributed by atoms with Gasteiger partial charge < -0.3 is 20.1 Å². The smallest absolute Gasteiger partial charge is 0.231 e. The number of nitrogens with one attached hydrogen (secondary N) is 2. The predicted molar refractivity (Wildman–Crippen MR) is 103 cm³/mol. The molecule has 1 fully saturated rings. The predicted octanol–water partition coefficient (Wildman–Crippen LogP) is 3.03. The number of halogens is 1. The summed E-state index contributed by atoms with van der Waals surface area (Å²) in [7, 11) is 0. The molecule has 3 rings (SSSR count). The summed E-state index contributed by atoms with van der Waals surface area (Å²) in [6.07, 6.45) is 2.49. The van der Waals surface area contributed by atoms with Crippen molar-refractivity contribution in [1.29, 1.82) is 0 Å².